The molecular formula is C11H13N3O2S. The van der Waals surface area contributed by atoms with E-state index in [1.165, 1.54) is 0 Å². The minimum atomic E-state index is -0.871. The summed E-state index contributed by atoms with van der Waals surface area (Å²) in [6.45, 7) is 3.73. The summed E-state index contributed by atoms with van der Waals surface area (Å²) < 4.78 is 0. The van der Waals surface area contributed by atoms with Crippen LogP contribution in [0.2, 0.25) is 0 Å². The van der Waals surface area contributed by atoms with Crippen LogP contribution in [-0.4, -0.2) is 34.6 Å². The van der Waals surface area contributed by atoms with Crippen molar-refractivity contribution >= 4 is 33.3 Å². The summed E-state index contributed by atoms with van der Waals surface area (Å²) in [5, 5.41) is 11.8. The van der Waals surface area contributed by atoms with Crippen molar-refractivity contribution in [3.05, 3.63) is 16.8 Å². The van der Waals surface area contributed by atoms with Gasteiger partial charge in [0.2, 0.25) is 0 Å². The summed E-state index contributed by atoms with van der Waals surface area (Å²) in [6.07, 6.45) is 0. The maximum atomic E-state index is 10.7. The third-order valence-corrected chi connectivity index (χ3v) is 3.43. The first-order chi connectivity index (χ1) is 7.99. The molecule has 0 spiro atoms. The lowest BCUT2D eigenvalue weighted by Gasteiger charge is -2.17. The minimum Gasteiger partial charge on any atom is -0.480 e. The molecule has 90 valence electrons. The van der Waals surface area contributed by atoms with Crippen LogP contribution in [0, 0.1) is 13.8 Å². The van der Waals surface area contributed by atoms with Gasteiger partial charge in [0.15, 0.2) is 0 Å². The van der Waals surface area contributed by atoms with Crippen molar-refractivity contribution in [2.45, 2.75) is 13.8 Å². The number of carboxylic acids is 1. The molecule has 17 heavy (non-hydrogen) atoms. The number of likely N-dealkylation sites (N-methyl/N-ethyl adjacent to an activating group) is 1. The Hall–Kier alpha value is -1.69. The van der Waals surface area contributed by atoms with E-state index in [1.54, 1.807) is 23.3 Å². The van der Waals surface area contributed by atoms with Crippen molar-refractivity contribution in [1.29, 1.82) is 0 Å². The fourth-order valence-electron chi connectivity index (χ4n) is 1.72. The molecule has 0 aliphatic carbocycles. The quantitative estimate of drug-likeness (QED) is 0.901. The first-order valence-corrected chi connectivity index (χ1v) is 6.02. The van der Waals surface area contributed by atoms with E-state index in [2.05, 4.69) is 9.97 Å². The lowest BCUT2D eigenvalue weighted by atomic mass is 10.2. The first kappa shape index (κ1) is 11.8. The highest BCUT2D eigenvalue weighted by atomic mass is 32.1. The number of carboxylic acid groups (broad SMARTS) is 1. The molecule has 0 bridgehead atoms. The van der Waals surface area contributed by atoms with Crippen LogP contribution in [0.3, 0.4) is 0 Å². The van der Waals surface area contributed by atoms with Gasteiger partial charge in [0.25, 0.3) is 0 Å². The van der Waals surface area contributed by atoms with E-state index in [4.69, 9.17) is 5.11 Å². The third-order valence-electron chi connectivity index (χ3n) is 2.44. The summed E-state index contributed by atoms with van der Waals surface area (Å²) in [7, 11) is 1.73. The average Bonchev–Trinajstić information content (AvgIpc) is 2.58. The van der Waals surface area contributed by atoms with Crippen molar-refractivity contribution < 1.29 is 9.90 Å². The van der Waals surface area contributed by atoms with Gasteiger partial charge in [0.1, 0.15) is 23.0 Å². The Bertz CT molecular complexity index is 579. The number of hydrogen-bond donors (Lipinski definition) is 1. The van der Waals surface area contributed by atoms with E-state index in [9.17, 15) is 4.79 Å². The molecule has 2 aromatic heterocycles. The van der Waals surface area contributed by atoms with Crippen LogP contribution in [0.1, 0.15) is 11.4 Å². The maximum absolute atomic E-state index is 10.7. The Morgan fingerprint density at radius 1 is 1.47 bits per heavy atom. The molecule has 0 aliphatic rings. The van der Waals surface area contributed by atoms with Gasteiger partial charge >= 0.3 is 5.97 Å². The molecule has 0 unspecified atom stereocenters. The fourth-order valence-corrected chi connectivity index (χ4v) is 2.68. The number of fused-ring (bicyclic) bond motifs is 1. The molecule has 2 aromatic rings. The molecule has 0 radical (unpaired) electrons. The molecule has 1 N–H and O–H groups in total. The Kier molecular flexibility index (Phi) is 2.97. The highest BCUT2D eigenvalue weighted by molar-refractivity contribution is 7.17. The Balaban J connectivity index is 2.58. The van der Waals surface area contributed by atoms with Crippen LogP contribution >= 0.6 is 11.3 Å². The number of aryl methyl sites for hydroxylation is 2. The van der Waals surface area contributed by atoms with Gasteiger partial charge in [-0.15, -0.1) is 11.3 Å². The van der Waals surface area contributed by atoms with E-state index in [0.29, 0.717) is 11.6 Å². The van der Waals surface area contributed by atoms with Crippen LogP contribution in [0.25, 0.3) is 10.2 Å². The molecule has 2 heterocycles. The van der Waals surface area contributed by atoms with Crippen molar-refractivity contribution in [1.82, 2.24) is 9.97 Å². The molecule has 0 amide bonds. The van der Waals surface area contributed by atoms with Gasteiger partial charge in [-0.3, -0.25) is 4.79 Å². The second kappa shape index (κ2) is 4.29. The monoisotopic (exact) mass is 251 g/mol. The third kappa shape index (κ3) is 2.21. The normalized spacial score (nSPS) is 10.8. The molecule has 0 saturated carbocycles. The van der Waals surface area contributed by atoms with Crippen molar-refractivity contribution in [2.75, 3.05) is 18.5 Å². The Morgan fingerprint density at radius 3 is 2.82 bits per heavy atom. The average molecular weight is 251 g/mol. The lowest BCUT2D eigenvalue weighted by molar-refractivity contribution is -0.135. The van der Waals surface area contributed by atoms with Crippen molar-refractivity contribution in [3.63, 3.8) is 0 Å². The zero-order valence-corrected chi connectivity index (χ0v) is 10.7. The van der Waals surface area contributed by atoms with Crippen molar-refractivity contribution in [2.24, 2.45) is 0 Å². The second-order valence-electron chi connectivity index (χ2n) is 3.94. The predicted molar refractivity (Wildman–Crippen MR) is 67.8 cm³/mol. The number of thiophene rings is 1. The van der Waals surface area contributed by atoms with Gasteiger partial charge in [-0.05, 0) is 24.8 Å². The fraction of sp³-hybridized carbons (Fsp3) is 0.364. The Morgan fingerprint density at radius 2 is 2.18 bits per heavy atom. The van der Waals surface area contributed by atoms with E-state index >= 15 is 0 Å². The Labute approximate surface area is 103 Å². The van der Waals surface area contributed by atoms with Gasteiger partial charge in [-0.25, -0.2) is 9.97 Å². The van der Waals surface area contributed by atoms with Crippen LogP contribution < -0.4 is 4.90 Å². The SMILES string of the molecule is Cc1nc(N(C)CC(=O)O)c2c(C)csc2n1. The molecule has 0 aromatic carbocycles. The van der Waals surface area contributed by atoms with E-state index in [1.807, 2.05) is 19.2 Å². The van der Waals surface area contributed by atoms with Gasteiger partial charge in [-0.2, -0.15) is 0 Å². The molecule has 0 aliphatic heterocycles. The minimum absolute atomic E-state index is 0.0686. The summed E-state index contributed by atoms with van der Waals surface area (Å²) in [5.41, 5.74) is 1.08. The highest BCUT2D eigenvalue weighted by Gasteiger charge is 2.15. The summed E-state index contributed by atoms with van der Waals surface area (Å²) in [6, 6.07) is 0. The molecule has 0 fully saturated rings. The van der Waals surface area contributed by atoms with Crippen LogP contribution in [0.15, 0.2) is 5.38 Å². The summed E-state index contributed by atoms with van der Waals surface area (Å²) >= 11 is 1.55. The van der Waals surface area contributed by atoms with Crippen LogP contribution in [0.5, 0.6) is 0 Å². The maximum Gasteiger partial charge on any atom is 0.323 e. The zero-order valence-electron chi connectivity index (χ0n) is 9.89. The smallest absolute Gasteiger partial charge is 0.323 e. The molecular weight excluding hydrogens is 238 g/mol. The number of carbonyl (C=O) groups is 1. The van der Waals surface area contributed by atoms with E-state index in [0.717, 1.165) is 15.8 Å². The first-order valence-electron chi connectivity index (χ1n) is 5.14. The largest absolute Gasteiger partial charge is 0.480 e. The van der Waals surface area contributed by atoms with Crippen LogP contribution in [0.4, 0.5) is 5.82 Å². The summed E-state index contributed by atoms with van der Waals surface area (Å²) in [5.74, 6) is 0.477. The van der Waals surface area contributed by atoms with Gasteiger partial charge < -0.3 is 10.0 Å². The van der Waals surface area contributed by atoms with Gasteiger partial charge in [0.05, 0.1) is 5.39 Å². The summed E-state index contributed by atoms with van der Waals surface area (Å²) in [4.78, 5) is 22.0. The van der Waals surface area contributed by atoms with Crippen molar-refractivity contribution in [3.8, 4) is 0 Å². The van der Waals surface area contributed by atoms with E-state index < -0.39 is 5.97 Å². The number of nitrogens with zero attached hydrogens (tertiary/aromatic N) is 3. The molecule has 6 heteroatoms. The number of aliphatic carboxylic acids is 1. The zero-order chi connectivity index (χ0) is 12.6. The van der Waals surface area contributed by atoms with E-state index in [-0.39, 0.29) is 6.54 Å². The molecule has 2 rings (SSSR count). The van der Waals surface area contributed by atoms with Gasteiger partial charge in [0, 0.05) is 7.05 Å². The standard InChI is InChI=1S/C11H13N3O2S/c1-6-5-17-11-9(6)10(12-7(2)13-11)14(3)4-8(15)16/h5H,4H2,1-3H3,(H,15,16). The number of hydrogen-bond acceptors (Lipinski definition) is 5. The number of rotatable bonds is 3. The molecule has 5 nitrogen and oxygen atoms in total. The topological polar surface area (TPSA) is 66.3 Å². The molecule has 0 atom stereocenters. The second-order valence-corrected chi connectivity index (χ2v) is 4.80. The lowest BCUT2D eigenvalue weighted by Crippen LogP contribution is -2.26. The molecule has 0 saturated heterocycles. The van der Waals surface area contributed by atoms with Crippen LogP contribution in [-0.2, 0) is 4.79 Å². The number of anilines is 1. The number of aromatic nitrogens is 2. The highest BCUT2D eigenvalue weighted by Crippen LogP contribution is 2.30. The predicted octanol–water partition coefficient (Wildman–Crippen LogP) is 1.83. The van der Waals surface area contributed by atoms with Gasteiger partial charge in [-0.1, -0.05) is 0 Å².